The van der Waals surface area contributed by atoms with E-state index >= 15 is 0 Å². The van der Waals surface area contributed by atoms with Gasteiger partial charge in [0.05, 0.1) is 0 Å². The summed E-state index contributed by atoms with van der Waals surface area (Å²) in [5, 5.41) is 19.9. The molecule has 0 aliphatic heterocycles. The number of hydrogen-bond acceptors (Lipinski definition) is 3. The van der Waals surface area contributed by atoms with E-state index in [1.165, 1.54) is 6.07 Å². The Hall–Kier alpha value is -0.204. The van der Waals surface area contributed by atoms with E-state index in [1.807, 2.05) is 6.92 Å². The Labute approximate surface area is 137 Å². The van der Waals surface area contributed by atoms with Gasteiger partial charge in [0, 0.05) is 5.71 Å². The molecule has 1 rings (SSSR count). The number of aryl methyl sites for hydroxylation is 1. The Kier molecular flexibility index (Phi) is 7.09. The molecule has 0 heterocycles. The van der Waals surface area contributed by atoms with Crippen molar-refractivity contribution >= 4 is 11.7 Å². The number of carboxylic acids is 1. The maximum Gasteiger partial charge on any atom is 1.00 e. The maximum absolute atomic E-state index is 11.4. The van der Waals surface area contributed by atoms with Gasteiger partial charge in [-0.25, -0.2) is 0 Å². The maximum atomic E-state index is 11.4. The van der Waals surface area contributed by atoms with E-state index in [4.69, 9.17) is 5.11 Å². The molecular weight excluding hydrogens is 233 g/mol. The van der Waals surface area contributed by atoms with Gasteiger partial charge in [-0.15, -0.1) is 0 Å². The van der Waals surface area contributed by atoms with Crippen molar-refractivity contribution in [2.45, 2.75) is 13.8 Å². The van der Waals surface area contributed by atoms with Gasteiger partial charge in [-0.3, -0.25) is 9.79 Å². The summed E-state index contributed by atoms with van der Waals surface area (Å²) in [6.45, 7) is 3.20. The van der Waals surface area contributed by atoms with Crippen LogP contribution in [0.25, 0.3) is 0 Å². The van der Waals surface area contributed by atoms with Crippen LogP contribution in [0, 0.1) is 6.92 Å². The number of aliphatic imine (C=N–C) groups is 1. The minimum absolute atomic E-state index is 0. The third kappa shape index (κ3) is 4.76. The molecule has 1 aromatic carbocycles. The van der Waals surface area contributed by atoms with E-state index in [-0.39, 0.29) is 63.7 Å². The van der Waals surface area contributed by atoms with Crippen molar-refractivity contribution in [3.8, 4) is 5.75 Å². The molecule has 0 radical (unpaired) electrons. The van der Waals surface area contributed by atoms with Crippen LogP contribution in [0.15, 0.2) is 23.2 Å². The third-order valence-electron chi connectivity index (χ3n) is 1.98. The van der Waals surface area contributed by atoms with Gasteiger partial charge >= 0.3 is 57.4 Å². The molecule has 0 aliphatic rings. The number of carbonyl (C=O) groups is 1. The van der Waals surface area contributed by atoms with Crippen molar-refractivity contribution in [2.24, 2.45) is 4.99 Å². The van der Waals surface area contributed by atoms with Gasteiger partial charge in [-0.2, -0.15) is 0 Å². The smallest absolute Gasteiger partial charge is 0.872 e. The van der Waals surface area contributed by atoms with Crippen molar-refractivity contribution in [1.82, 2.24) is 0 Å². The van der Waals surface area contributed by atoms with Crippen molar-refractivity contribution in [1.29, 1.82) is 0 Å². The van der Waals surface area contributed by atoms with Crippen LogP contribution in [0.4, 0.5) is 0 Å². The van der Waals surface area contributed by atoms with Crippen molar-refractivity contribution in [3.63, 3.8) is 0 Å². The Bertz CT molecular complexity index is 416. The van der Waals surface area contributed by atoms with Gasteiger partial charge in [-0.05, 0) is 19.4 Å². The number of carboxylic acid groups (broad SMARTS) is 1. The van der Waals surface area contributed by atoms with Crippen LogP contribution >= 0.6 is 0 Å². The summed E-state index contributed by atoms with van der Waals surface area (Å²) in [4.78, 5) is 14.1. The van der Waals surface area contributed by atoms with Crippen LogP contribution in [-0.2, 0) is 4.79 Å². The van der Waals surface area contributed by atoms with Gasteiger partial charge in [0.1, 0.15) is 6.54 Å². The molecule has 0 atom stereocenters. The number of rotatable bonds is 3. The fraction of sp³-hybridized carbons (Fsp3) is 0.273. The first kappa shape index (κ1) is 15.8. The Balaban J connectivity index is 0.00000225. The van der Waals surface area contributed by atoms with E-state index in [1.54, 1.807) is 19.1 Å². The molecule has 0 saturated carbocycles. The van der Waals surface area contributed by atoms with Crippen LogP contribution in [0.1, 0.15) is 18.1 Å². The van der Waals surface area contributed by atoms with E-state index in [9.17, 15) is 9.90 Å². The molecule has 1 aromatic rings. The molecule has 5 heteroatoms. The number of aliphatic carboxylic acids is 1. The summed E-state index contributed by atoms with van der Waals surface area (Å²) in [6.07, 6.45) is 0. The Morgan fingerprint density at radius 3 is 2.69 bits per heavy atom. The van der Waals surface area contributed by atoms with E-state index in [0.29, 0.717) is 11.3 Å². The van der Waals surface area contributed by atoms with Crippen LogP contribution in [0.3, 0.4) is 0 Å². The fourth-order valence-corrected chi connectivity index (χ4v) is 1.20. The topological polar surface area (TPSA) is 72.7 Å². The van der Waals surface area contributed by atoms with Gasteiger partial charge in [0.15, 0.2) is 0 Å². The second-order valence-electron chi connectivity index (χ2n) is 3.29. The van der Waals surface area contributed by atoms with E-state index in [2.05, 4.69) is 4.99 Å². The molecule has 80 valence electrons. The molecule has 0 saturated heterocycles. The molecule has 0 aromatic heterocycles. The molecule has 0 fully saturated rings. The van der Waals surface area contributed by atoms with E-state index in [0.717, 1.165) is 5.56 Å². The molecule has 0 unspecified atom stereocenters. The monoisotopic (exact) mass is 245 g/mol. The largest absolute Gasteiger partial charge is 1.00 e. The average Bonchev–Trinajstić information content (AvgIpc) is 2.18. The average molecular weight is 245 g/mol. The van der Waals surface area contributed by atoms with Crippen molar-refractivity contribution < 1.29 is 66.4 Å². The zero-order valence-electron chi connectivity index (χ0n) is 9.65. The predicted octanol–water partition coefficient (Wildman–Crippen LogP) is -2.03. The molecule has 16 heavy (non-hydrogen) atoms. The minimum atomic E-state index is -1.01. The summed E-state index contributed by atoms with van der Waals surface area (Å²) in [7, 11) is 0. The normalized spacial score (nSPS) is 10.8. The van der Waals surface area contributed by atoms with Gasteiger partial charge in [0.25, 0.3) is 0 Å². The fourth-order valence-electron chi connectivity index (χ4n) is 1.20. The third-order valence-corrected chi connectivity index (χ3v) is 1.98. The second kappa shape index (κ2) is 7.19. The Morgan fingerprint density at radius 2 is 2.12 bits per heavy atom. The minimum Gasteiger partial charge on any atom is -0.872 e. The zero-order chi connectivity index (χ0) is 11.4. The predicted molar refractivity (Wildman–Crippen MR) is 55.3 cm³/mol. The molecular formula is C11H12KNO3. The molecule has 4 nitrogen and oxygen atoms in total. The number of benzene rings is 1. The van der Waals surface area contributed by atoms with E-state index < -0.39 is 5.97 Å². The van der Waals surface area contributed by atoms with Crippen molar-refractivity contribution in [2.75, 3.05) is 6.54 Å². The summed E-state index contributed by atoms with van der Waals surface area (Å²) in [5.41, 5.74) is 1.89. The number of nitrogens with zero attached hydrogens (tertiary/aromatic N) is 1. The second-order valence-corrected chi connectivity index (χ2v) is 3.29. The summed E-state index contributed by atoms with van der Waals surface area (Å²) < 4.78 is 0. The van der Waals surface area contributed by atoms with Crippen LogP contribution in [-0.4, -0.2) is 23.3 Å². The molecule has 0 amide bonds. The summed E-state index contributed by atoms with van der Waals surface area (Å²) in [6, 6.07) is 4.89. The first-order valence-corrected chi connectivity index (χ1v) is 4.51. The van der Waals surface area contributed by atoms with Gasteiger partial charge in [-0.1, -0.05) is 29.5 Å². The first-order chi connectivity index (χ1) is 7.00. The SMILES string of the molecule is CC(=NCC(=O)O)c1cc(C)ccc1[O-].[K+]. The Morgan fingerprint density at radius 1 is 1.50 bits per heavy atom. The van der Waals surface area contributed by atoms with Gasteiger partial charge in [0.2, 0.25) is 0 Å². The molecule has 1 N–H and O–H groups in total. The van der Waals surface area contributed by atoms with Crippen LogP contribution < -0.4 is 56.5 Å². The quantitative estimate of drug-likeness (QED) is 0.493. The van der Waals surface area contributed by atoms with Crippen molar-refractivity contribution in [3.05, 3.63) is 29.3 Å². The first-order valence-electron chi connectivity index (χ1n) is 4.51. The van der Waals surface area contributed by atoms with Crippen LogP contribution in [0.2, 0.25) is 0 Å². The molecule has 0 aliphatic carbocycles. The molecule has 0 bridgehead atoms. The zero-order valence-corrected chi connectivity index (χ0v) is 12.8. The summed E-state index contributed by atoms with van der Waals surface area (Å²) in [5.74, 6) is -1.14. The molecule has 0 spiro atoms. The number of hydrogen-bond donors (Lipinski definition) is 1. The van der Waals surface area contributed by atoms with Gasteiger partial charge < -0.3 is 10.2 Å². The van der Waals surface area contributed by atoms with Crippen LogP contribution in [0.5, 0.6) is 5.75 Å². The summed E-state index contributed by atoms with van der Waals surface area (Å²) >= 11 is 0. The standard InChI is InChI=1S/C11H13NO3.K/c1-7-3-4-10(13)9(5-7)8(2)12-6-11(14)15;/h3-5,13H,6H2,1-2H3,(H,14,15);/q;+1/p-1.